The fraction of sp³-hybridized carbons (Fsp3) is 0.143. The minimum absolute atomic E-state index is 0.201. The van der Waals surface area contributed by atoms with Crippen molar-refractivity contribution in [2.24, 2.45) is 0 Å². The summed E-state index contributed by atoms with van der Waals surface area (Å²) in [6.45, 7) is 0. The Balaban J connectivity index is 3.14. The van der Waals surface area contributed by atoms with E-state index in [1.54, 1.807) is 0 Å². The molecule has 0 saturated heterocycles. The van der Waals surface area contributed by atoms with Gasteiger partial charge in [0.2, 0.25) is 0 Å². The van der Waals surface area contributed by atoms with Crippen molar-refractivity contribution >= 4 is 5.69 Å². The molecule has 0 amide bonds. The first kappa shape index (κ1) is 8.70. The minimum atomic E-state index is -1.29. The van der Waals surface area contributed by atoms with Crippen LogP contribution in [0.2, 0.25) is 0 Å². The van der Waals surface area contributed by atoms with Crippen molar-refractivity contribution in [3.05, 3.63) is 24.0 Å². The summed E-state index contributed by atoms with van der Waals surface area (Å²) in [6, 6.07) is 3.50. The third kappa shape index (κ3) is 1.44. The smallest absolute Gasteiger partial charge is 0.193 e. The summed E-state index contributed by atoms with van der Waals surface area (Å²) >= 11 is 0. The SMILES string of the molecule is COc1cccc(N(F)F)c1F. The summed E-state index contributed by atoms with van der Waals surface area (Å²) < 4.78 is 41.1. The average Bonchev–Trinajstić information content (AvgIpc) is 2.04. The predicted molar refractivity (Wildman–Crippen MR) is 37.6 cm³/mol. The van der Waals surface area contributed by atoms with Crippen LogP contribution in [0.15, 0.2) is 18.2 Å². The number of nitrogens with zero attached hydrogens (tertiary/aromatic N) is 1. The molecule has 1 rings (SSSR count). The van der Waals surface area contributed by atoms with E-state index >= 15 is 0 Å². The molecule has 66 valence electrons. The molecular formula is C7H6F3NO. The van der Waals surface area contributed by atoms with E-state index in [0.717, 1.165) is 6.07 Å². The summed E-state index contributed by atoms with van der Waals surface area (Å²) in [6.07, 6.45) is 0. The molecule has 0 aliphatic rings. The van der Waals surface area contributed by atoms with Crippen LogP contribution in [0.4, 0.5) is 19.0 Å². The molecule has 0 fully saturated rings. The lowest BCUT2D eigenvalue weighted by Gasteiger charge is -2.06. The summed E-state index contributed by atoms with van der Waals surface area (Å²) in [5.41, 5.74) is -0.797. The van der Waals surface area contributed by atoms with Crippen LogP contribution >= 0.6 is 0 Å². The first-order valence-electron chi connectivity index (χ1n) is 3.11. The van der Waals surface area contributed by atoms with Gasteiger partial charge in [-0.1, -0.05) is 15.0 Å². The quantitative estimate of drug-likeness (QED) is 0.643. The highest BCUT2D eigenvalue weighted by molar-refractivity contribution is 5.48. The zero-order chi connectivity index (χ0) is 9.14. The maximum atomic E-state index is 12.9. The summed E-state index contributed by atoms with van der Waals surface area (Å²) in [4.78, 5) is 0. The van der Waals surface area contributed by atoms with E-state index in [2.05, 4.69) is 4.74 Å². The molecule has 12 heavy (non-hydrogen) atoms. The van der Waals surface area contributed by atoms with E-state index in [0.29, 0.717) is 0 Å². The second-order valence-corrected chi connectivity index (χ2v) is 2.03. The van der Waals surface area contributed by atoms with Crippen LogP contribution in [0.1, 0.15) is 0 Å². The van der Waals surface area contributed by atoms with Gasteiger partial charge in [-0.25, -0.2) is 4.39 Å². The van der Waals surface area contributed by atoms with Gasteiger partial charge in [0.25, 0.3) is 0 Å². The Morgan fingerprint density at radius 3 is 2.50 bits per heavy atom. The zero-order valence-corrected chi connectivity index (χ0v) is 6.22. The molecular weight excluding hydrogens is 171 g/mol. The molecule has 0 atom stereocenters. The van der Waals surface area contributed by atoms with Gasteiger partial charge in [-0.05, 0) is 17.5 Å². The normalized spacial score (nSPS) is 9.67. The molecule has 0 bridgehead atoms. The highest BCUT2D eigenvalue weighted by Crippen LogP contribution is 2.27. The van der Waals surface area contributed by atoms with Crippen molar-refractivity contribution < 1.29 is 18.1 Å². The van der Waals surface area contributed by atoms with Crippen molar-refractivity contribution in [3.8, 4) is 5.75 Å². The first-order chi connectivity index (χ1) is 5.66. The van der Waals surface area contributed by atoms with E-state index in [-0.39, 0.29) is 5.75 Å². The fourth-order valence-corrected chi connectivity index (χ4v) is 0.787. The largest absolute Gasteiger partial charge is 0.494 e. The Morgan fingerprint density at radius 2 is 2.00 bits per heavy atom. The molecule has 1 aromatic rings. The van der Waals surface area contributed by atoms with Crippen LogP contribution in [0.3, 0.4) is 0 Å². The second-order valence-electron chi connectivity index (χ2n) is 2.03. The van der Waals surface area contributed by atoms with Crippen LogP contribution in [-0.2, 0) is 0 Å². The first-order valence-corrected chi connectivity index (χ1v) is 3.11. The van der Waals surface area contributed by atoms with Crippen molar-refractivity contribution in [2.45, 2.75) is 0 Å². The van der Waals surface area contributed by atoms with Gasteiger partial charge in [-0.3, -0.25) is 0 Å². The number of benzene rings is 1. The molecule has 2 nitrogen and oxygen atoms in total. The zero-order valence-electron chi connectivity index (χ0n) is 6.22. The summed E-state index contributed by atoms with van der Waals surface area (Å²) in [5.74, 6) is -1.27. The van der Waals surface area contributed by atoms with Crippen molar-refractivity contribution in [1.82, 2.24) is 0 Å². The monoisotopic (exact) mass is 177 g/mol. The van der Waals surface area contributed by atoms with Gasteiger partial charge in [0, 0.05) is 0 Å². The number of halogens is 3. The van der Waals surface area contributed by atoms with Gasteiger partial charge in [-0.15, -0.1) is 0 Å². The van der Waals surface area contributed by atoms with Gasteiger partial charge < -0.3 is 4.74 Å². The second kappa shape index (κ2) is 3.34. The minimum Gasteiger partial charge on any atom is -0.494 e. The van der Waals surface area contributed by atoms with Gasteiger partial charge in [0.05, 0.1) is 7.11 Å². The lowest BCUT2D eigenvalue weighted by molar-refractivity contribution is 0.229. The maximum Gasteiger partial charge on any atom is 0.193 e. The van der Waals surface area contributed by atoms with Crippen LogP contribution in [-0.4, -0.2) is 7.11 Å². The van der Waals surface area contributed by atoms with E-state index in [1.807, 2.05) is 0 Å². The fourth-order valence-electron chi connectivity index (χ4n) is 0.787. The predicted octanol–water partition coefficient (Wildman–Crippen LogP) is 2.41. The topological polar surface area (TPSA) is 12.5 Å². The van der Waals surface area contributed by atoms with Crippen LogP contribution in [0, 0.1) is 5.82 Å². The Bertz CT molecular complexity index is 277. The lowest BCUT2D eigenvalue weighted by Crippen LogP contribution is -2.00. The van der Waals surface area contributed by atoms with E-state index in [1.165, 1.54) is 19.2 Å². The molecule has 1 aromatic carbocycles. The van der Waals surface area contributed by atoms with Crippen molar-refractivity contribution in [3.63, 3.8) is 0 Å². The standard InChI is InChI=1S/C7H6F3NO/c1-12-6-4-2-3-5(7(6)8)11(9)10/h2-4H,1H3. The van der Waals surface area contributed by atoms with Gasteiger partial charge >= 0.3 is 0 Å². The number of rotatable bonds is 2. The number of methoxy groups -OCH3 is 1. The van der Waals surface area contributed by atoms with Crippen molar-refractivity contribution in [2.75, 3.05) is 12.5 Å². The number of anilines is 1. The highest BCUT2D eigenvalue weighted by atomic mass is 19.4. The third-order valence-corrected chi connectivity index (χ3v) is 1.34. The molecule has 0 aliphatic carbocycles. The molecule has 0 radical (unpaired) electrons. The van der Waals surface area contributed by atoms with E-state index < -0.39 is 16.8 Å². The molecule has 0 aromatic heterocycles. The molecule has 0 aliphatic heterocycles. The average molecular weight is 177 g/mol. The Labute approximate surface area is 67.0 Å². The maximum absolute atomic E-state index is 12.9. The number of ether oxygens (including phenoxy) is 1. The van der Waals surface area contributed by atoms with Crippen LogP contribution in [0.5, 0.6) is 5.75 Å². The summed E-state index contributed by atoms with van der Waals surface area (Å²) in [7, 11) is 1.21. The van der Waals surface area contributed by atoms with Crippen LogP contribution < -0.4 is 10.1 Å². The summed E-state index contributed by atoms with van der Waals surface area (Å²) in [5, 5.41) is -1.29. The molecule has 0 unspecified atom stereocenters. The van der Waals surface area contributed by atoms with Gasteiger partial charge in [0.1, 0.15) is 5.69 Å². The van der Waals surface area contributed by atoms with Gasteiger partial charge in [-0.2, -0.15) is 0 Å². The Hall–Kier alpha value is -1.39. The van der Waals surface area contributed by atoms with Crippen molar-refractivity contribution in [1.29, 1.82) is 0 Å². The third-order valence-electron chi connectivity index (χ3n) is 1.34. The number of hydrogen-bond acceptors (Lipinski definition) is 2. The van der Waals surface area contributed by atoms with E-state index in [9.17, 15) is 13.4 Å². The molecule has 0 N–H and O–H groups in total. The van der Waals surface area contributed by atoms with Gasteiger partial charge in [0.15, 0.2) is 11.6 Å². The molecule has 0 spiro atoms. The molecule has 0 heterocycles. The number of hydrogen-bond donors (Lipinski definition) is 0. The molecule has 0 saturated carbocycles. The van der Waals surface area contributed by atoms with Crippen LogP contribution in [0.25, 0.3) is 0 Å². The highest BCUT2D eigenvalue weighted by Gasteiger charge is 2.13. The molecule has 5 heteroatoms. The lowest BCUT2D eigenvalue weighted by atomic mass is 10.3. The Kier molecular flexibility index (Phi) is 2.42. The Morgan fingerprint density at radius 1 is 1.33 bits per heavy atom. The van der Waals surface area contributed by atoms with E-state index in [4.69, 9.17) is 0 Å².